The maximum Gasteiger partial charge on any atom is 0.697 e. The van der Waals surface area contributed by atoms with Crippen molar-refractivity contribution in [2.75, 3.05) is 6.61 Å². The maximum absolute atomic E-state index is 11.7. The number of unbranched alkanes of at least 4 members (excludes halogenated alkanes) is 1. The molecule has 0 aliphatic heterocycles. The fourth-order valence-corrected chi connectivity index (χ4v) is 3.13. The molecule has 1 fully saturated rings. The fourth-order valence-electron chi connectivity index (χ4n) is 2.17. The van der Waals surface area contributed by atoms with Crippen LogP contribution in [0.5, 0.6) is 0 Å². The average Bonchev–Trinajstić information content (AvgIpc) is 2.30. The standard InChI is InChI=1S/C12H24O3P/c1-3-5-11-14-16(13)15-12(4-2)9-7-6-8-10-12/h3-11H2,1-2H3/q+1. The van der Waals surface area contributed by atoms with Gasteiger partial charge in [-0.1, -0.05) is 39.5 Å². The summed E-state index contributed by atoms with van der Waals surface area (Å²) >= 11 is 0. The molecule has 1 aliphatic rings. The van der Waals surface area contributed by atoms with E-state index in [9.17, 15) is 4.57 Å². The van der Waals surface area contributed by atoms with Crippen molar-refractivity contribution in [1.29, 1.82) is 0 Å². The summed E-state index contributed by atoms with van der Waals surface area (Å²) < 4.78 is 22.5. The monoisotopic (exact) mass is 247 g/mol. The van der Waals surface area contributed by atoms with Crippen molar-refractivity contribution in [3.63, 3.8) is 0 Å². The van der Waals surface area contributed by atoms with Gasteiger partial charge in [0.25, 0.3) is 0 Å². The molecule has 0 amide bonds. The van der Waals surface area contributed by atoms with Crippen molar-refractivity contribution < 1.29 is 13.6 Å². The first-order valence-electron chi connectivity index (χ1n) is 6.52. The average molecular weight is 247 g/mol. The first-order chi connectivity index (χ1) is 7.72. The predicted octanol–water partition coefficient (Wildman–Crippen LogP) is 4.59. The maximum atomic E-state index is 11.7. The second kappa shape index (κ2) is 7.37. The van der Waals surface area contributed by atoms with Crippen molar-refractivity contribution in [3.8, 4) is 0 Å². The van der Waals surface area contributed by atoms with Crippen LogP contribution in [0.2, 0.25) is 0 Å². The normalized spacial score (nSPS) is 20.8. The Morgan fingerprint density at radius 1 is 1.19 bits per heavy atom. The van der Waals surface area contributed by atoms with Gasteiger partial charge < -0.3 is 0 Å². The minimum atomic E-state index is -1.92. The zero-order valence-corrected chi connectivity index (χ0v) is 11.4. The highest BCUT2D eigenvalue weighted by Gasteiger charge is 2.41. The van der Waals surface area contributed by atoms with Gasteiger partial charge in [0.15, 0.2) is 0 Å². The highest BCUT2D eigenvalue weighted by Crippen LogP contribution is 2.42. The van der Waals surface area contributed by atoms with Crippen LogP contribution in [-0.4, -0.2) is 12.2 Å². The van der Waals surface area contributed by atoms with Crippen LogP contribution in [0.3, 0.4) is 0 Å². The first-order valence-corrected chi connectivity index (χ1v) is 7.61. The van der Waals surface area contributed by atoms with Crippen LogP contribution < -0.4 is 0 Å². The van der Waals surface area contributed by atoms with Gasteiger partial charge >= 0.3 is 8.25 Å². The van der Waals surface area contributed by atoms with Gasteiger partial charge in [-0.2, -0.15) is 0 Å². The largest absolute Gasteiger partial charge is 0.697 e. The van der Waals surface area contributed by atoms with Crippen molar-refractivity contribution in [2.24, 2.45) is 0 Å². The van der Waals surface area contributed by atoms with E-state index >= 15 is 0 Å². The van der Waals surface area contributed by atoms with E-state index < -0.39 is 8.25 Å². The summed E-state index contributed by atoms with van der Waals surface area (Å²) in [5.41, 5.74) is -0.169. The molecule has 1 aliphatic carbocycles. The fraction of sp³-hybridized carbons (Fsp3) is 1.00. The highest BCUT2D eigenvalue weighted by molar-refractivity contribution is 7.33. The van der Waals surface area contributed by atoms with Crippen LogP contribution in [0.1, 0.15) is 65.2 Å². The summed E-state index contributed by atoms with van der Waals surface area (Å²) in [6.07, 6.45) is 8.65. The first kappa shape index (κ1) is 14.1. The molecule has 0 spiro atoms. The van der Waals surface area contributed by atoms with Gasteiger partial charge in [-0.25, -0.2) is 0 Å². The quantitative estimate of drug-likeness (QED) is 0.487. The Morgan fingerprint density at radius 2 is 1.88 bits per heavy atom. The van der Waals surface area contributed by atoms with Crippen LogP contribution in [-0.2, 0) is 13.6 Å². The lowest BCUT2D eigenvalue weighted by molar-refractivity contribution is 0.0179. The highest BCUT2D eigenvalue weighted by atomic mass is 31.1. The Morgan fingerprint density at radius 3 is 2.44 bits per heavy atom. The van der Waals surface area contributed by atoms with E-state index in [4.69, 9.17) is 9.05 Å². The third-order valence-corrected chi connectivity index (χ3v) is 4.30. The van der Waals surface area contributed by atoms with E-state index in [2.05, 4.69) is 13.8 Å². The summed E-state index contributed by atoms with van der Waals surface area (Å²) in [7, 11) is -1.92. The predicted molar refractivity (Wildman–Crippen MR) is 65.7 cm³/mol. The zero-order valence-electron chi connectivity index (χ0n) is 10.5. The van der Waals surface area contributed by atoms with Gasteiger partial charge in [0.2, 0.25) is 0 Å². The third-order valence-electron chi connectivity index (χ3n) is 3.37. The molecule has 1 unspecified atom stereocenters. The molecule has 94 valence electrons. The lowest BCUT2D eigenvalue weighted by Gasteiger charge is -2.30. The Kier molecular flexibility index (Phi) is 6.48. The van der Waals surface area contributed by atoms with Crippen LogP contribution in [0, 0.1) is 0 Å². The van der Waals surface area contributed by atoms with Gasteiger partial charge in [-0.3, -0.25) is 0 Å². The molecule has 0 aromatic carbocycles. The number of hydrogen-bond donors (Lipinski definition) is 0. The molecule has 1 saturated carbocycles. The topological polar surface area (TPSA) is 35.5 Å². The third kappa shape index (κ3) is 4.48. The summed E-state index contributed by atoms with van der Waals surface area (Å²) in [6, 6.07) is 0. The van der Waals surface area contributed by atoms with Crippen molar-refractivity contribution in [1.82, 2.24) is 0 Å². The molecular formula is C12H24O3P+. The van der Waals surface area contributed by atoms with Gasteiger partial charge in [0.1, 0.15) is 12.2 Å². The molecule has 3 nitrogen and oxygen atoms in total. The Hall–Kier alpha value is 0.0200. The Balaban J connectivity index is 2.33. The molecule has 0 saturated heterocycles. The molecule has 0 aromatic rings. The summed E-state index contributed by atoms with van der Waals surface area (Å²) in [4.78, 5) is 0. The smallest absolute Gasteiger partial charge is 0.119 e. The molecule has 16 heavy (non-hydrogen) atoms. The molecule has 0 heterocycles. The Bertz CT molecular complexity index is 212. The van der Waals surface area contributed by atoms with E-state index in [1.54, 1.807) is 0 Å². The van der Waals surface area contributed by atoms with Gasteiger partial charge in [-0.15, -0.1) is 9.05 Å². The van der Waals surface area contributed by atoms with Crippen LogP contribution in [0.4, 0.5) is 0 Å². The van der Waals surface area contributed by atoms with E-state index in [1.807, 2.05) is 0 Å². The molecule has 0 N–H and O–H groups in total. The summed E-state index contributed by atoms with van der Waals surface area (Å²) in [5.74, 6) is 0. The summed E-state index contributed by atoms with van der Waals surface area (Å²) in [6.45, 7) is 4.75. The molecule has 0 aromatic heterocycles. The summed E-state index contributed by atoms with van der Waals surface area (Å²) in [5, 5.41) is 0. The van der Waals surface area contributed by atoms with E-state index in [0.717, 1.165) is 32.1 Å². The van der Waals surface area contributed by atoms with Crippen molar-refractivity contribution in [3.05, 3.63) is 0 Å². The van der Waals surface area contributed by atoms with Gasteiger partial charge in [0.05, 0.1) is 0 Å². The molecule has 0 radical (unpaired) electrons. The lowest BCUT2D eigenvalue weighted by Crippen LogP contribution is -2.32. The van der Waals surface area contributed by atoms with E-state index in [-0.39, 0.29) is 5.60 Å². The second-order valence-electron chi connectivity index (χ2n) is 4.60. The minimum absolute atomic E-state index is 0.169. The van der Waals surface area contributed by atoms with Crippen molar-refractivity contribution >= 4 is 8.25 Å². The molecule has 1 atom stereocenters. The van der Waals surface area contributed by atoms with E-state index in [1.165, 1.54) is 19.3 Å². The van der Waals surface area contributed by atoms with Crippen LogP contribution >= 0.6 is 8.25 Å². The second-order valence-corrected chi connectivity index (χ2v) is 5.49. The molecular weight excluding hydrogens is 223 g/mol. The van der Waals surface area contributed by atoms with Crippen LogP contribution in [0.15, 0.2) is 0 Å². The van der Waals surface area contributed by atoms with Crippen molar-refractivity contribution in [2.45, 2.75) is 70.8 Å². The zero-order chi connectivity index (χ0) is 11.9. The lowest BCUT2D eigenvalue weighted by atomic mass is 9.83. The molecule has 0 bridgehead atoms. The van der Waals surface area contributed by atoms with Gasteiger partial charge in [-0.05, 0) is 25.7 Å². The Labute approximate surface area is 99.9 Å². The van der Waals surface area contributed by atoms with E-state index in [0.29, 0.717) is 6.61 Å². The van der Waals surface area contributed by atoms with Gasteiger partial charge in [0, 0.05) is 4.57 Å². The van der Waals surface area contributed by atoms with Crippen LogP contribution in [0.25, 0.3) is 0 Å². The molecule has 4 heteroatoms. The minimum Gasteiger partial charge on any atom is -0.119 e. The molecule has 1 rings (SSSR count). The SMILES string of the molecule is CCCCO[P+](=O)OC1(CC)CCCCC1. The number of rotatable bonds is 7. The number of hydrogen-bond acceptors (Lipinski definition) is 3.